The van der Waals surface area contributed by atoms with Gasteiger partial charge in [0.2, 0.25) is 0 Å². The minimum Gasteiger partial charge on any atom is -0.506 e. The Bertz CT molecular complexity index is 951. The number of thiazole rings is 1. The quantitative estimate of drug-likeness (QED) is 0.632. The number of phenols is 1. The Morgan fingerprint density at radius 3 is 2.81 bits per heavy atom. The standard InChI is InChI=1S/C17H18F2N4O2S/c1-8-3-10(11-5-17(11,18)19)14(12(25)4-8)23-7-13-15(22-23)21-16(26-13)20-6-9(2)24/h3-4,7,9,11,24-25H,5-6H2,1-2H3,(H,20,21,22)/t9-,11?/m1/s1. The van der Waals surface area contributed by atoms with Gasteiger partial charge in [0.15, 0.2) is 10.8 Å². The van der Waals surface area contributed by atoms with Gasteiger partial charge in [-0.3, -0.25) is 0 Å². The van der Waals surface area contributed by atoms with Crippen LogP contribution in [0.2, 0.25) is 0 Å². The monoisotopic (exact) mass is 380 g/mol. The van der Waals surface area contributed by atoms with Crippen LogP contribution in [-0.2, 0) is 0 Å². The highest BCUT2D eigenvalue weighted by molar-refractivity contribution is 7.22. The molecule has 1 unspecified atom stereocenters. The molecule has 6 nitrogen and oxygen atoms in total. The van der Waals surface area contributed by atoms with Crippen LogP contribution in [0.5, 0.6) is 5.75 Å². The molecule has 1 fully saturated rings. The van der Waals surface area contributed by atoms with Gasteiger partial charge in [0.05, 0.1) is 22.9 Å². The van der Waals surface area contributed by atoms with Crippen LogP contribution in [0.4, 0.5) is 13.9 Å². The van der Waals surface area contributed by atoms with Crippen LogP contribution in [0.3, 0.4) is 0 Å². The molecular formula is C17H18F2N4O2S. The van der Waals surface area contributed by atoms with Crippen molar-refractivity contribution in [3.05, 3.63) is 29.5 Å². The third kappa shape index (κ3) is 3.01. The van der Waals surface area contributed by atoms with Gasteiger partial charge in [0.1, 0.15) is 11.4 Å². The van der Waals surface area contributed by atoms with Gasteiger partial charge < -0.3 is 15.5 Å². The van der Waals surface area contributed by atoms with E-state index in [-0.39, 0.29) is 17.9 Å². The minimum atomic E-state index is -2.74. The molecule has 0 amide bonds. The van der Waals surface area contributed by atoms with E-state index in [4.69, 9.17) is 0 Å². The highest BCUT2D eigenvalue weighted by atomic mass is 32.1. The summed E-state index contributed by atoms with van der Waals surface area (Å²) in [4.78, 5) is 4.33. The molecular weight excluding hydrogens is 362 g/mol. The average Bonchev–Trinajstić information content (AvgIpc) is 2.85. The lowest BCUT2D eigenvalue weighted by atomic mass is 10.0. The number of phenolic OH excluding ortho intramolecular Hbond substituents is 1. The number of aromatic hydroxyl groups is 1. The summed E-state index contributed by atoms with van der Waals surface area (Å²) in [6.45, 7) is 3.80. The van der Waals surface area contributed by atoms with Gasteiger partial charge in [-0.15, -0.1) is 5.10 Å². The van der Waals surface area contributed by atoms with E-state index < -0.39 is 17.9 Å². The smallest absolute Gasteiger partial charge is 0.256 e. The highest BCUT2D eigenvalue weighted by Gasteiger charge is 2.58. The van der Waals surface area contributed by atoms with Gasteiger partial charge >= 0.3 is 0 Å². The summed E-state index contributed by atoms with van der Waals surface area (Å²) in [5, 5.41) is 27.7. The van der Waals surface area contributed by atoms with Crippen molar-refractivity contribution in [2.75, 3.05) is 11.9 Å². The summed E-state index contributed by atoms with van der Waals surface area (Å²) in [7, 11) is 0. The molecule has 26 heavy (non-hydrogen) atoms. The van der Waals surface area contributed by atoms with Crippen LogP contribution < -0.4 is 5.32 Å². The number of aryl methyl sites for hydroxylation is 1. The maximum atomic E-state index is 13.6. The minimum absolute atomic E-state index is 0.0784. The largest absolute Gasteiger partial charge is 0.506 e. The first-order chi connectivity index (χ1) is 12.2. The number of nitrogens with one attached hydrogen (secondary N) is 1. The van der Waals surface area contributed by atoms with E-state index in [1.54, 1.807) is 26.1 Å². The van der Waals surface area contributed by atoms with Crippen molar-refractivity contribution in [2.24, 2.45) is 0 Å². The predicted octanol–water partition coefficient (Wildman–Crippen LogP) is 3.41. The Morgan fingerprint density at radius 2 is 2.19 bits per heavy atom. The molecule has 0 bridgehead atoms. The molecule has 2 aromatic heterocycles. The van der Waals surface area contributed by atoms with Crippen molar-refractivity contribution in [2.45, 2.75) is 38.2 Å². The number of aromatic nitrogens is 3. The molecule has 1 saturated carbocycles. The first-order valence-electron chi connectivity index (χ1n) is 8.24. The first-order valence-corrected chi connectivity index (χ1v) is 9.06. The number of hydrogen-bond acceptors (Lipinski definition) is 6. The van der Waals surface area contributed by atoms with E-state index in [2.05, 4.69) is 15.4 Å². The summed E-state index contributed by atoms with van der Waals surface area (Å²) >= 11 is 1.35. The van der Waals surface area contributed by atoms with E-state index in [0.29, 0.717) is 22.9 Å². The third-order valence-corrected chi connectivity index (χ3v) is 5.26. The molecule has 138 valence electrons. The zero-order valence-electron chi connectivity index (χ0n) is 14.2. The van der Waals surface area contributed by atoms with Crippen LogP contribution in [0, 0.1) is 6.92 Å². The predicted molar refractivity (Wildman–Crippen MR) is 95.6 cm³/mol. The van der Waals surface area contributed by atoms with E-state index in [1.165, 1.54) is 22.1 Å². The molecule has 0 aliphatic heterocycles. The number of rotatable bonds is 5. The van der Waals surface area contributed by atoms with Gasteiger partial charge in [0.25, 0.3) is 5.92 Å². The number of nitrogens with zero attached hydrogens (tertiary/aromatic N) is 3. The Kier molecular flexibility index (Phi) is 3.89. The number of alkyl halides is 2. The molecule has 1 aliphatic rings. The lowest BCUT2D eigenvalue weighted by molar-refractivity contribution is 0.112. The van der Waals surface area contributed by atoms with Crippen molar-refractivity contribution >= 4 is 26.8 Å². The third-order valence-electron chi connectivity index (χ3n) is 4.32. The van der Waals surface area contributed by atoms with Crippen molar-refractivity contribution in [1.29, 1.82) is 0 Å². The van der Waals surface area contributed by atoms with Crippen molar-refractivity contribution in [3.8, 4) is 11.4 Å². The second kappa shape index (κ2) is 5.88. The molecule has 2 heterocycles. The summed E-state index contributed by atoms with van der Waals surface area (Å²) in [5.74, 6) is -3.72. The van der Waals surface area contributed by atoms with E-state index in [9.17, 15) is 19.0 Å². The van der Waals surface area contributed by atoms with Crippen LogP contribution in [-0.4, -0.2) is 43.5 Å². The van der Waals surface area contributed by atoms with Crippen LogP contribution in [0.1, 0.15) is 30.4 Å². The maximum absolute atomic E-state index is 13.6. The van der Waals surface area contributed by atoms with Crippen LogP contribution in [0.25, 0.3) is 16.0 Å². The first kappa shape index (κ1) is 17.2. The molecule has 3 N–H and O–H groups in total. The molecule has 0 spiro atoms. The van der Waals surface area contributed by atoms with Crippen LogP contribution in [0.15, 0.2) is 18.3 Å². The second-order valence-corrected chi connectivity index (χ2v) is 7.78. The number of hydrogen-bond donors (Lipinski definition) is 3. The molecule has 3 aromatic rings. The summed E-state index contributed by atoms with van der Waals surface area (Å²) < 4.78 is 29.5. The number of fused-ring (bicyclic) bond motifs is 1. The van der Waals surface area contributed by atoms with Crippen molar-refractivity contribution in [3.63, 3.8) is 0 Å². The highest BCUT2D eigenvalue weighted by Crippen LogP contribution is 2.57. The zero-order chi connectivity index (χ0) is 18.6. The summed E-state index contributed by atoms with van der Waals surface area (Å²) in [5.41, 5.74) is 1.86. The van der Waals surface area contributed by atoms with Gasteiger partial charge in [-0.25, -0.2) is 13.5 Å². The number of aliphatic hydroxyl groups excluding tert-OH is 1. The maximum Gasteiger partial charge on any atom is 0.256 e. The molecule has 0 radical (unpaired) electrons. The topological polar surface area (TPSA) is 83.2 Å². The van der Waals surface area contributed by atoms with Gasteiger partial charge in [-0.1, -0.05) is 17.4 Å². The summed E-state index contributed by atoms with van der Waals surface area (Å²) in [6.07, 6.45) is 0.956. The zero-order valence-corrected chi connectivity index (χ0v) is 15.0. The Balaban J connectivity index is 1.72. The number of benzene rings is 1. The molecule has 4 rings (SSSR count). The number of anilines is 1. The lowest BCUT2D eigenvalue weighted by Gasteiger charge is -2.12. The second-order valence-electron chi connectivity index (χ2n) is 6.75. The number of aliphatic hydroxyl groups is 1. The van der Waals surface area contributed by atoms with E-state index in [0.717, 1.165) is 10.3 Å². The van der Waals surface area contributed by atoms with Gasteiger partial charge in [-0.05, 0) is 31.0 Å². The Hall–Kier alpha value is -2.26. The molecule has 1 aliphatic carbocycles. The van der Waals surface area contributed by atoms with E-state index in [1.807, 2.05) is 0 Å². The van der Waals surface area contributed by atoms with Gasteiger partial charge in [-0.2, -0.15) is 4.98 Å². The SMILES string of the molecule is Cc1cc(O)c(-n2cc3sc(NC[C@@H](C)O)nc3n2)c(C2CC2(F)F)c1. The molecule has 9 heteroatoms. The molecule has 2 atom stereocenters. The normalized spacial score (nSPS) is 19.7. The fourth-order valence-corrected chi connectivity index (χ4v) is 3.83. The molecule has 0 saturated heterocycles. The Labute approximate surface area is 152 Å². The lowest BCUT2D eigenvalue weighted by Crippen LogP contribution is -2.15. The Morgan fingerprint density at radius 1 is 1.46 bits per heavy atom. The van der Waals surface area contributed by atoms with Crippen molar-refractivity contribution < 1.29 is 19.0 Å². The van der Waals surface area contributed by atoms with Gasteiger partial charge in [0, 0.05) is 13.0 Å². The summed E-state index contributed by atoms with van der Waals surface area (Å²) in [6, 6.07) is 3.22. The fraction of sp³-hybridized carbons (Fsp3) is 0.412. The molecule has 1 aromatic carbocycles. The van der Waals surface area contributed by atoms with Crippen LogP contribution >= 0.6 is 11.3 Å². The van der Waals surface area contributed by atoms with E-state index >= 15 is 0 Å². The average molecular weight is 380 g/mol. The number of halogens is 2. The fourth-order valence-electron chi connectivity index (χ4n) is 3.00. The van der Waals surface area contributed by atoms with Crippen molar-refractivity contribution in [1.82, 2.24) is 14.8 Å².